The lowest BCUT2D eigenvalue weighted by molar-refractivity contribution is 0.102. The number of carbonyl (C=O) groups excluding carboxylic acids is 1. The molecule has 5 heteroatoms. The van der Waals surface area contributed by atoms with Crippen LogP contribution in [0.4, 0.5) is 10.7 Å². The molecular formula is C27H30N2O2S. The number of nitrogens with one attached hydrogen (secondary N) is 1. The maximum Gasteiger partial charge on any atom is 0.259 e. The predicted octanol–water partition coefficient (Wildman–Crippen LogP) is 6.91. The lowest BCUT2D eigenvalue weighted by Crippen LogP contribution is -2.27. The summed E-state index contributed by atoms with van der Waals surface area (Å²) in [4.78, 5) is 19.4. The lowest BCUT2D eigenvalue weighted by Gasteiger charge is -2.33. The monoisotopic (exact) mass is 446 g/mol. The van der Waals surface area contributed by atoms with Crippen molar-refractivity contribution in [3.8, 4) is 5.75 Å². The van der Waals surface area contributed by atoms with Crippen molar-refractivity contribution in [2.45, 2.75) is 40.0 Å². The number of aliphatic imine (C=N–C) groups is 1. The highest BCUT2D eigenvalue weighted by atomic mass is 32.1. The van der Waals surface area contributed by atoms with Crippen molar-refractivity contribution in [1.29, 1.82) is 0 Å². The molecule has 1 aliphatic carbocycles. The minimum atomic E-state index is -0.0789. The second-order valence-corrected chi connectivity index (χ2v) is 10.4. The highest BCUT2D eigenvalue weighted by Gasteiger charge is 2.33. The first-order valence-electron chi connectivity index (χ1n) is 11.0. The summed E-state index contributed by atoms with van der Waals surface area (Å²) in [6, 6.07) is 17.4. The van der Waals surface area contributed by atoms with Crippen molar-refractivity contribution in [2.24, 2.45) is 16.3 Å². The van der Waals surface area contributed by atoms with Gasteiger partial charge in [0.2, 0.25) is 0 Å². The highest BCUT2D eigenvalue weighted by Crippen LogP contribution is 2.45. The number of hydrogen-bond acceptors (Lipinski definition) is 4. The topological polar surface area (TPSA) is 50.7 Å². The molecule has 1 atom stereocenters. The van der Waals surface area contributed by atoms with Gasteiger partial charge in [-0.3, -0.25) is 4.79 Å². The smallest absolute Gasteiger partial charge is 0.259 e. The predicted molar refractivity (Wildman–Crippen MR) is 134 cm³/mol. The summed E-state index contributed by atoms with van der Waals surface area (Å²) in [6.45, 7) is 6.92. The lowest BCUT2D eigenvalue weighted by atomic mass is 9.72. The van der Waals surface area contributed by atoms with Crippen molar-refractivity contribution >= 4 is 34.1 Å². The SMILES string of the molecule is COc1ccc(C=Nc2sc3c(c2C(=O)Nc2ccccc2)CC[C@@H](C(C)(C)C)C3)cc1. The van der Waals surface area contributed by atoms with Crippen molar-refractivity contribution in [3.05, 3.63) is 76.2 Å². The second kappa shape index (κ2) is 9.29. The van der Waals surface area contributed by atoms with Gasteiger partial charge in [0.15, 0.2) is 0 Å². The number of hydrogen-bond donors (Lipinski definition) is 1. The number of carbonyl (C=O) groups is 1. The number of thiophene rings is 1. The largest absolute Gasteiger partial charge is 0.497 e. The van der Waals surface area contributed by atoms with Crippen LogP contribution < -0.4 is 10.1 Å². The van der Waals surface area contributed by atoms with Crippen LogP contribution in [0.1, 0.15) is 53.6 Å². The average Bonchev–Trinajstić information content (AvgIpc) is 3.16. The van der Waals surface area contributed by atoms with Crippen LogP contribution in [-0.4, -0.2) is 19.2 Å². The Balaban J connectivity index is 1.68. The van der Waals surface area contributed by atoms with E-state index in [1.54, 1.807) is 18.4 Å². The average molecular weight is 447 g/mol. The summed E-state index contributed by atoms with van der Waals surface area (Å²) in [7, 11) is 1.65. The fourth-order valence-electron chi connectivity index (χ4n) is 4.17. The van der Waals surface area contributed by atoms with E-state index in [1.807, 2.05) is 60.8 Å². The van der Waals surface area contributed by atoms with E-state index in [1.165, 1.54) is 10.4 Å². The van der Waals surface area contributed by atoms with Crippen molar-refractivity contribution in [3.63, 3.8) is 0 Å². The molecule has 0 saturated heterocycles. The van der Waals surface area contributed by atoms with Gasteiger partial charge in [-0.05, 0) is 78.1 Å². The van der Waals surface area contributed by atoms with Gasteiger partial charge in [-0.15, -0.1) is 11.3 Å². The number of nitrogens with zero attached hydrogens (tertiary/aromatic N) is 1. The molecule has 0 unspecified atom stereocenters. The molecule has 1 aromatic heterocycles. The molecule has 0 aliphatic heterocycles. The Bertz CT molecular complexity index is 1110. The molecule has 4 rings (SSSR count). The number of para-hydroxylation sites is 1. The molecule has 0 radical (unpaired) electrons. The normalized spacial score (nSPS) is 16.1. The van der Waals surface area contributed by atoms with Crippen LogP contribution in [-0.2, 0) is 12.8 Å². The molecule has 0 spiro atoms. The number of methoxy groups -OCH3 is 1. The van der Waals surface area contributed by atoms with E-state index < -0.39 is 0 Å². The third kappa shape index (κ3) is 4.94. The van der Waals surface area contributed by atoms with Gasteiger partial charge in [0, 0.05) is 16.8 Å². The van der Waals surface area contributed by atoms with Gasteiger partial charge in [0.05, 0.1) is 12.7 Å². The van der Waals surface area contributed by atoms with Crippen LogP contribution in [0.5, 0.6) is 5.75 Å². The Morgan fingerprint density at radius 2 is 1.84 bits per heavy atom. The van der Waals surface area contributed by atoms with E-state index in [9.17, 15) is 4.79 Å². The number of amides is 1. The maximum absolute atomic E-state index is 13.3. The van der Waals surface area contributed by atoms with Gasteiger partial charge >= 0.3 is 0 Å². The van der Waals surface area contributed by atoms with E-state index in [0.29, 0.717) is 5.92 Å². The van der Waals surface area contributed by atoms with Crippen molar-refractivity contribution in [2.75, 3.05) is 12.4 Å². The first-order chi connectivity index (χ1) is 15.3. The number of benzene rings is 2. The van der Waals surface area contributed by atoms with E-state index in [0.717, 1.165) is 46.8 Å². The van der Waals surface area contributed by atoms with Crippen LogP contribution in [0, 0.1) is 11.3 Å². The zero-order valence-corrected chi connectivity index (χ0v) is 20.0. The summed E-state index contributed by atoms with van der Waals surface area (Å²) in [5, 5.41) is 3.85. The molecular weight excluding hydrogens is 416 g/mol. The summed E-state index contributed by atoms with van der Waals surface area (Å²) in [6.07, 6.45) is 4.86. The molecule has 1 amide bonds. The number of ether oxygens (including phenoxy) is 1. The van der Waals surface area contributed by atoms with Gasteiger partial charge < -0.3 is 10.1 Å². The Kier molecular flexibility index (Phi) is 6.47. The van der Waals surface area contributed by atoms with Crippen LogP contribution in [0.15, 0.2) is 59.6 Å². The summed E-state index contributed by atoms with van der Waals surface area (Å²) in [5.41, 5.74) is 3.92. The molecule has 4 nitrogen and oxygen atoms in total. The molecule has 0 fully saturated rings. The number of fused-ring (bicyclic) bond motifs is 1. The first kappa shape index (κ1) is 22.3. The molecule has 166 valence electrons. The summed E-state index contributed by atoms with van der Waals surface area (Å²) >= 11 is 1.66. The van der Waals surface area contributed by atoms with Gasteiger partial charge in [-0.1, -0.05) is 39.0 Å². The Morgan fingerprint density at radius 1 is 1.12 bits per heavy atom. The first-order valence-corrected chi connectivity index (χ1v) is 11.9. The zero-order valence-electron chi connectivity index (χ0n) is 19.1. The second-order valence-electron chi connectivity index (χ2n) is 9.34. The van der Waals surface area contributed by atoms with Crippen LogP contribution in [0.2, 0.25) is 0 Å². The van der Waals surface area contributed by atoms with Crippen LogP contribution in [0.25, 0.3) is 0 Å². The third-order valence-electron chi connectivity index (χ3n) is 6.18. The van der Waals surface area contributed by atoms with Gasteiger partial charge in [0.1, 0.15) is 10.8 Å². The van der Waals surface area contributed by atoms with Crippen molar-refractivity contribution in [1.82, 2.24) is 0 Å². The molecule has 1 N–H and O–H groups in total. The fourth-order valence-corrected chi connectivity index (χ4v) is 5.44. The van der Waals surface area contributed by atoms with E-state index in [4.69, 9.17) is 9.73 Å². The van der Waals surface area contributed by atoms with Crippen LogP contribution >= 0.6 is 11.3 Å². The Hall–Kier alpha value is -2.92. The van der Waals surface area contributed by atoms with E-state index in [-0.39, 0.29) is 11.3 Å². The fraction of sp³-hybridized carbons (Fsp3) is 0.333. The maximum atomic E-state index is 13.3. The molecule has 0 saturated carbocycles. The molecule has 32 heavy (non-hydrogen) atoms. The summed E-state index contributed by atoms with van der Waals surface area (Å²) in [5.74, 6) is 1.34. The van der Waals surface area contributed by atoms with Gasteiger partial charge in [0.25, 0.3) is 5.91 Å². The number of anilines is 1. The quantitative estimate of drug-likeness (QED) is 0.433. The highest BCUT2D eigenvalue weighted by molar-refractivity contribution is 7.16. The minimum Gasteiger partial charge on any atom is -0.497 e. The zero-order chi connectivity index (χ0) is 22.7. The molecule has 1 aliphatic rings. The van der Waals surface area contributed by atoms with Crippen LogP contribution in [0.3, 0.4) is 0 Å². The third-order valence-corrected chi connectivity index (χ3v) is 7.34. The Labute approximate surface area is 194 Å². The van der Waals surface area contributed by atoms with Gasteiger partial charge in [-0.25, -0.2) is 4.99 Å². The molecule has 2 aromatic carbocycles. The summed E-state index contributed by atoms with van der Waals surface area (Å²) < 4.78 is 5.24. The standard InChI is InChI=1S/C27H30N2O2S/c1-27(2,3)19-12-15-22-23(16-19)32-26(28-17-18-10-13-21(31-4)14-11-18)24(22)25(30)29-20-8-6-5-7-9-20/h5-11,13-14,17,19H,12,15-16H2,1-4H3,(H,29,30)/t19-/m1/s1. The Morgan fingerprint density at radius 3 is 2.50 bits per heavy atom. The number of rotatable bonds is 5. The molecule has 3 aromatic rings. The van der Waals surface area contributed by atoms with E-state index >= 15 is 0 Å². The van der Waals surface area contributed by atoms with Crippen molar-refractivity contribution < 1.29 is 9.53 Å². The van der Waals surface area contributed by atoms with E-state index in [2.05, 4.69) is 26.1 Å². The van der Waals surface area contributed by atoms with Gasteiger partial charge in [-0.2, -0.15) is 0 Å². The molecule has 0 bridgehead atoms. The minimum absolute atomic E-state index is 0.0789. The molecule has 1 heterocycles.